The van der Waals surface area contributed by atoms with E-state index in [0.717, 1.165) is 33.7 Å². The molecule has 5 nitrogen and oxygen atoms in total. The van der Waals surface area contributed by atoms with Gasteiger partial charge in [-0.15, -0.1) is 0 Å². The number of benzene rings is 2. The molecule has 0 aliphatic heterocycles. The molecule has 0 atom stereocenters. The van der Waals surface area contributed by atoms with Crippen LogP contribution >= 0.6 is 0 Å². The number of carbonyl (C=O) groups excluding carboxylic acids is 1. The molecule has 0 saturated carbocycles. The van der Waals surface area contributed by atoms with E-state index >= 15 is 0 Å². The number of aromatic nitrogens is 3. The zero-order chi connectivity index (χ0) is 18.3. The Morgan fingerprint density at radius 3 is 2.62 bits per heavy atom. The van der Waals surface area contributed by atoms with Crippen LogP contribution < -0.4 is 5.32 Å². The zero-order valence-electron chi connectivity index (χ0n) is 15.0. The molecule has 0 saturated heterocycles. The molecule has 130 valence electrons. The van der Waals surface area contributed by atoms with E-state index in [-0.39, 0.29) is 5.91 Å². The fourth-order valence-corrected chi connectivity index (χ4v) is 3.28. The highest BCUT2D eigenvalue weighted by Gasteiger charge is 2.11. The number of amides is 1. The summed E-state index contributed by atoms with van der Waals surface area (Å²) in [6.07, 6.45) is 1.99. The van der Waals surface area contributed by atoms with Gasteiger partial charge in [0.1, 0.15) is 0 Å². The minimum atomic E-state index is -0.135. The second kappa shape index (κ2) is 6.19. The van der Waals surface area contributed by atoms with Crippen molar-refractivity contribution in [2.45, 2.75) is 13.8 Å². The fourth-order valence-electron chi connectivity index (χ4n) is 3.28. The molecule has 0 spiro atoms. The van der Waals surface area contributed by atoms with Crippen LogP contribution in [0.4, 0.5) is 5.69 Å². The Bertz CT molecular complexity index is 1120. The van der Waals surface area contributed by atoms with Gasteiger partial charge >= 0.3 is 0 Å². The third-order valence-corrected chi connectivity index (χ3v) is 4.54. The van der Waals surface area contributed by atoms with Crippen molar-refractivity contribution < 1.29 is 4.79 Å². The standard InChI is InChI=1S/C21H20N4O/c1-14-12-15(2)25(23-14)17-7-4-6-16(13-17)21(26)22-19-8-5-9-20-18(19)10-11-24(20)3/h4-13H,1-3H3,(H,22,26). The highest BCUT2D eigenvalue weighted by Crippen LogP contribution is 2.24. The molecule has 1 N–H and O–H groups in total. The largest absolute Gasteiger partial charge is 0.350 e. The maximum atomic E-state index is 12.8. The van der Waals surface area contributed by atoms with Crippen molar-refractivity contribution in [3.8, 4) is 5.69 Å². The van der Waals surface area contributed by atoms with Crippen molar-refractivity contribution in [2.75, 3.05) is 5.32 Å². The van der Waals surface area contributed by atoms with E-state index in [1.165, 1.54) is 0 Å². The normalized spacial score (nSPS) is 11.0. The lowest BCUT2D eigenvalue weighted by atomic mass is 10.1. The molecule has 5 heteroatoms. The molecule has 2 aromatic carbocycles. The summed E-state index contributed by atoms with van der Waals surface area (Å²) in [4.78, 5) is 12.8. The monoisotopic (exact) mass is 344 g/mol. The van der Waals surface area contributed by atoms with E-state index in [1.807, 2.05) is 90.9 Å². The molecule has 0 aliphatic rings. The fraction of sp³-hybridized carbons (Fsp3) is 0.143. The number of nitrogens with zero attached hydrogens (tertiary/aromatic N) is 3. The molecular formula is C21H20N4O. The molecule has 0 aliphatic carbocycles. The first kappa shape index (κ1) is 16.1. The Morgan fingerprint density at radius 1 is 1.04 bits per heavy atom. The highest BCUT2D eigenvalue weighted by atomic mass is 16.1. The number of fused-ring (bicyclic) bond motifs is 1. The van der Waals surface area contributed by atoms with E-state index in [2.05, 4.69) is 10.4 Å². The third kappa shape index (κ3) is 2.77. The molecule has 0 radical (unpaired) electrons. The maximum absolute atomic E-state index is 12.8. The summed E-state index contributed by atoms with van der Waals surface area (Å²) in [7, 11) is 1.99. The van der Waals surface area contributed by atoms with Crippen LogP contribution in [-0.2, 0) is 7.05 Å². The Kier molecular flexibility index (Phi) is 3.84. The van der Waals surface area contributed by atoms with Gasteiger partial charge in [0.2, 0.25) is 0 Å². The highest BCUT2D eigenvalue weighted by molar-refractivity contribution is 6.09. The van der Waals surface area contributed by atoms with Gasteiger partial charge in [0.05, 0.1) is 17.1 Å². The van der Waals surface area contributed by atoms with E-state index in [9.17, 15) is 4.79 Å². The minimum Gasteiger partial charge on any atom is -0.350 e. The second-order valence-electron chi connectivity index (χ2n) is 6.51. The van der Waals surface area contributed by atoms with Gasteiger partial charge in [-0.1, -0.05) is 12.1 Å². The van der Waals surface area contributed by atoms with E-state index in [0.29, 0.717) is 5.56 Å². The third-order valence-electron chi connectivity index (χ3n) is 4.54. The number of anilines is 1. The molecule has 0 unspecified atom stereocenters. The average Bonchev–Trinajstić information content (AvgIpc) is 3.18. The van der Waals surface area contributed by atoms with E-state index in [1.54, 1.807) is 0 Å². The van der Waals surface area contributed by atoms with Crippen LogP contribution in [0.3, 0.4) is 0 Å². The van der Waals surface area contributed by atoms with Crippen LogP contribution in [0.5, 0.6) is 0 Å². The Labute approximate surface area is 151 Å². The van der Waals surface area contributed by atoms with Crippen molar-refractivity contribution in [3.63, 3.8) is 0 Å². The lowest BCUT2D eigenvalue weighted by molar-refractivity contribution is 0.102. The maximum Gasteiger partial charge on any atom is 0.255 e. The number of rotatable bonds is 3. The lowest BCUT2D eigenvalue weighted by Gasteiger charge is -2.09. The molecular weight excluding hydrogens is 324 g/mol. The number of hydrogen-bond acceptors (Lipinski definition) is 2. The van der Waals surface area contributed by atoms with Gasteiger partial charge in [0, 0.05) is 35.4 Å². The molecule has 1 amide bonds. The molecule has 0 fully saturated rings. The van der Waals surface area contributed by atoms with Gasteiger partial charge < -0.3 is 9.88 Å². The number of nitrogens with one attached hydrogen (secondary N) is 1. The summed E-state index contributed by atoms with van der Waals surface area (Å²) < 4.78 is 3.89. The molecule has 2 aromatic heterocycles. The predicted octanol–water partition coefficient (Wildman–Crippen LogP) is 4.23. The van der Waals surface area contributed by atoms with E-state index < -0.39 is 0 Å². The Balaban J connectivity index is 1.66. The van der Waals surface area contributed by atoms with Gasteiger partial charge in [-0.3, -0.25) is 4.79 Å². The van der Waals surface area contributed by atoms with Crippen molar-refractivity contribution in [1.82, 2.24) is 14.3 Å². The SMILES string of the molecule is Cc1cc(C)n(-c2cccc(C(=O)Nc3cccc4c3ccn4C)c2)n1. The van der Waals surface area contributed by atoms with E-state index in [4.69, 9.17) is 0 Å². The number of carbonyl (C=O) groups is 1. The Morgan fingerprint density at radius 2 is 1.85 bits per heavy atom. The molecule has 0 bridgehead atoms. The van der Waals surface area contributed by atoms with Gasteiger partial charge in [0.15, 0.2) is 0 Å². The van der Waals surface area contributed by atoms with Crippen LogP contribution in [0.15, 0.2) is 60.8 Å². The molecule has 2 heterocycles. The van der Waals surface area contributed by atoms with Crippen LogP contribution in [0.1, 0.15) is 21.7 Å². The number of hydrogen-bond donors (Lipinski definition) is 1. The summed E-state index contributed by atoms with van der Waals surface area (Å²) in [5.74, 6) is -0.135. The topological polar surface area (TPSA) is 51.9 Å². The predicted molar refractivity (Wildman–Crippen MR) is 104 cm³/mol. The zero-order valence-corrected chi connectivity index (χ0v) is 15.0. The summed E-state index contributed by atoms with van der Waals surface area (Å²) in [6.45, 7) is 3.96. The average molecular weight is 344 g/mol. The van der Waals surface area contributed by atoms with Crippen LogP contribution in [0.2, 0.25) is 0 Å². The molecule has 26 heavy (non-hydrogen) atoms. The van der Waals surface area contributed by atoms with Crippen LogP contribution in [0.25, 0.3) is 16.6 Å². The molecule has 4 aromatic rings. The first-order valence-corrected chi connectivity index (χ1v) is 8.52. The number of aryl methyl sites for hydroxylation is 3. The summed E-state index contributed by atoms with van der Waals surface area (Å²) in [5, 5.41) is 8.55. The van der Waals surface area contributed by atoms with Gasteiger partial charge in [-0.05, 0) is 56.3 Å². The van der Waals surface area contributed by atoms with Crippen molar-refractivity contribution in [1.29, 1.82) is 0 Å². The van der Waals surface area contributed by atoms with Crippen LogP contribution in [-0.4, -0.2) is 20.3 Å². The first-order chi connectivity index (χ1) is 12.5. The van der Waals surface area contributed by atoms with Gasteiger partial charge in [0.25, 0.3) is 5.91 Å². The Hall–Kier alpha value is -3.34. The quantitative estimate of drug-likeness (QED) is 0.604. The van der Waals surface area contributed by atoms with Gasteiger partial charge in [-0.25, -0.2) is 4.68 Å². The van der Waals surface area contributed by atoms with Crippen molar-refractivity contribution in [2.24, 2.45) is 7.05 Å². The smallest absolute Gasteiger partial charge is 0.255 e. The second-order valence-corrected chi connectivity index (χ2v) is 6.51. The van der Waals surface area contributed by atoms with Crippen molar-refractivity contribution >= 4 is 22.5 Å². The summed E-state index contributed by atoms with van der Waals surface area (Å²) in [5.41, 5.74) is 5.36. The van der Waals surface area contributed by atoms with Gasteiger partial charge in [-0.2, -0.15) is 5.10 Å². The molecule has 4 rings (SSSR count). The van der Waals surface area contributed by atoms with Crippen molar-refractivity contribution in [3.05, 3.63) is 77.7 Å². The summed E-state index contributed by atoms with van der Waals surface area (Å²) >= 11 is 0. The first-order valence-electron chi connectivity index (χ1n) is 8.52. The lowest BCUT2D eigenvalue weighted by Crippen LogP contribution is -2.13. The minimum absolute atomic E-state index is 0.135. The van der Waals surface area contributed by atoms with Crippen LogP contribution in [0, 0.1) is 13.8 Å². The summed E-state index contributed by atoms with van der Waals surface area (Å²) in [6, 6.07) is 17.4.